The number of Topliss-reactive ketones (excluding diaryl/α,β-unsaturated/α-hetero) is 1. The number of ketones is 1. The maximum absolute atomic E-state index is 10.5. The number of hydrogen-bond donors (Lipinski definition) is 2. The Morgan fingerprint density at radius 2 is 2.12 bits per heavy atom. The maximum Gasteiger partial charge on any atom is 0.136 e. The Labute approximate surface area is 48.0 Å². The van der Waals surface area contributed by atoms with Crippen molar-refractivity contribution in [3.63, 3.8) is 0 Å². The zero-order valence-corrected chi connectivity index (χ0v) is 4.68. The van der Waals surface area contributed by atoms with Gasteiger partial charge in [0, 0.05) is 12.8 Å². The Hall–Kier alpha value is -0.410. The van der Waals surface area contributed by atoms with E-state index in [-0.39, 0.29) is 5.78 Å². The van der Waals surface area contributed by atoms with Crippen LogP contribution in [0.15, 0.2) is 0 Å². The van der Waals surface area contributed by atoms with Crippen LogP contribution in [0.5, 0.6) is 0 Å². The van der Waals surface area contributed by atoms with Crippen LogP contribution in [0.1, 0.15) is 19.3 Å². The molecule has 1 aliphatic rings. The molecule has 3 nitrogen and oxygen atoms in total. The second-order valence-electron chi connectivity index (χ2n) is 2.45. The van der Waals surface area contributed by atoms with Crippen LogP contribution in [-0.2, 0) is 4.79 Å². The van der Waals surface area contributed by atoms with Crippen LogP contribution < -0.4 is 11.5 Å². The summed E-state index contributed by atoms with van der Waals surface area (Å²) >= 11 is 0. The van der Waals surface area contributed by atoms with Crippen LogP contribution in [-0.4, -0.2) is 11.4 Å². The molecule has 0 bridgehead atoms. The number of carbonyl (C=O) groups excluding carboxylic acids is 1. The van der Waals surface area contributed by atoms with E-state index in [1.807, 2.05) is 0 Å². The molecule has 46 valence electrons. The van der Waals surface area contributed by atoms with Crippen molar-refractivity contribution < 1.29 is 4.79 Å². The van der Waals surface area contributed by atoms with Gasteiger partial charge in [-0.25, -0.2) is 0 Å². The number of carbonyl (C=O) groups is 1. The Morgan fingerprint density at radius 1 is 1.50 bits per heavy atom. The van der Waals surface area contributed by atoms with Gasteiger partial charge in [-0.15, -0.1) is 0 Å². The summed E-state index contributed by atoms with van der Waals surface area (Å²) in [6, 6.07) is 0. The third-order valence-corrected chi connectivity index (χ3v) is 1.40. The van der Waals surface area contributed by atoms with E-state index < -0.39 is 5.66 Å². The fourth-order valence-electron chi connectivity index (χ4n) is 0.916. The third-order valence-electron chi connectivity index (χ3n) is 1.40. The van der Waals surface area contributed by atoms with Crippen LogP contribution in [0.4, 0.5) is 0 Å². The highest BCUT2D eigenvalue weighted by Gasteiger charge is 2.29. The van der Waals surface area contributed by atoms with Gasteiger partial charge >= 0.3 is 0 Å². The molecule has 0 heterocycles. The SMILES string of the molecule is NC1(N)CCC(=O)C1. The quantitative estimate of drug-likeness (QED) is 0.411. The molecule has 0 radical (unpaired) electrons. The molecule has 0 saturated heterocycles. The molecule has 0 unspecified atom stereocenters. The van der Waals surface area contributed by atoms with Crippen molar-refractivity contribution in [2.75, 3.05) is 0 Å². The van der Waals surface area contributed by atoms with Crippen molar-refractivity contribution in [3.8, 4) is 0 Å². The molecule has 0 aromatic rings. The molecule has 0 atom stereocenters. The first-order valence-corrected chi connectivity index (χ1v) is 2.70. The Morgan fingerprint density at radius 3 is 2.25 bits per heavy atom. The maximum atomic E-state index is 10.5. The van der Waals surface area contributed by atoms with Crippen LogP contribution in [0.3, 0.4) is 0 Å². The highest BCUT2D eigenvalue weighted by atomic mass is 16.1. The standard InChI is InChI=1S/C5H10N2O/c6-5(7)2-1-4(8)3-5/h1-3,6-7H2. The summed E-state index contributed by atoms with van der Waals surface area (Å²) < 4.78 is 0. The van der Waals surface area contributed by atoms with Gasteiger partial charge in [-0.1, -0.05) is 0 Å². The molecule has 0 amide bonds. The summed E-state index contributed by atoms with van der Waals surface area (Å²) in [5.41, 5.74) is 10.2. The summed E-state index contributed by atoms with van der Waals surface area (Å²) in [7, 11) is 0. The van der Waals surface area contributed by atoms with E-state index in [2.05, 4.69) is 0 Å². The van der Waals surface area contributed by atoms with Crippen LogP contribution >= 0.6 is 0 Å². The molecule has 1 rings (SSSR count). The second-order valence-corrected chi connectivity index (χ2v) is 2.45. The van der Waals surface area contributed by atoms with Gasteiger partial charge in [0.15, 0.2) is 0 Å². The first-order chi connectivity index (χ1) is 3.60. The molecule has 8 heavy (non-hydrogen) atoms. The topological polar surface area (TPSA) is 69.1 Å². The second kappa shape index (κ2) is 1.53. The monoisotopic (exact) mass is 114 g/mol. The molecule has 4 N–H and O–H groups in total. The first kappa shape index (κ1) is 5.72. The van der Waals surface area contributed by atoms with Crippen LogP contribution in [0, 0.1) is 0 Å². The normalized spacial score (nSPS) is 26.5. The lowest BCUT2D eigenvalue weighted by Crippen LogP contribution is -2.46. The molecule has 1 saturated carbocycles. The van der Waals surface area contributed by atoms with Gasteiger partial charge < -0.3 is 11.5 Å². The average molecular weight is 114 g/mol. The van der Waals surface area contributed by atoms with Gasteiger partial charge in [-0.3, -0.25) is 4.79 Å². The van der Waals surface area contributed by atoms with Crippen molar-refractivity contribution in [1.29, 1.82) is 0 Å². The van der Waals surface area contributed by atoms with Gasteiger partial charge in [0.2, 0.25) is 0 Å². The van der Waals surface area contributed by atoms with Crippen molar-refractivity contribution in [3.05, 3.63) is 0 Å². The van der Waals surface area contributed by atoms with E-state index in [1.165, 1.54) is 0 Å². The fraction of sp³-hybridized carbons (Fsp3) is 0.800. The van der Waals surface area contributed by atoms with E-state index in [0.717, 1.165) is 0 Å². The molecule has 1 aliphatic carbocycles. The van der Waals surface area contributed by atoms with Crippen molar-refractivity contribution in [2.24, 2.45) is 11.5 Å². The lowest BCUT2D eigenvalue weighted by molar-refractivity contribution is -0.117. The van der Waals surface area contributed by atoms with Crippen molar-refractivity contribution >= 4 is 5.78 Å². The van der Waals surface area contributed by atoms with Gasteiger partial charge in [-0.2, -0.15) is 0 Å². The minimum Gasteiger partial charge on any atom is -0.313 e. The lowest BCUT2D eigenvalue weighted by Gasteiger charge is -2.13. The molecular weight excluding hydrogens is 104 g/mol. The van der Waals surface area contributed by atoms with E-state index in [0.29, 0.717) is 19.3 Å². The van der Waals surface area contributed by atoms with E-state index in [9.17, 15) is 4.79 Å². The largest absolute Gasteiger partial charge is 0.313 e. The number of hydrogen-bond acceptors (Lipinski definition) is 3. The highest BCUT2D eigenvalue weighted by molar-refractivity contribution is 5.81. The summed E-state index contributed by atoms with van der Waals surface area (Å²) in [4.78, 5) is 10.5. The molecule has 3 heteroatoms. The average Bonchev–Trinajstić information content (AvgIpc) is 1.82. The molecule has 1 fully saturated rings. The van der Waals surface area contributed by atoms with Gasteiger partial charge in [-0.05, 0) is 6.42 Å². The number of rotatable bonds is 0. The molecule has 0 aliphatic heterocycles. The van der Waals surface area contributed by atoms with Crippen molar-refractivity contribution in [1.82, 2.24) is 0 Å². The van der Waals surface area contributed by atoms with E-state index in [1.54, 1.807) is 0 Å². The van der Waals surface area contributed by atoms with Gasteiger partial charge in [0.1, 0.15) is 5.78 Å². The third kappa shape index (κ3) is 1.05. The lowest BCUT2D eigenvalue weighted by atomic mass is 10.2. The minimum absolute atomic E-state index is 0.190. The molecular formula is C5H10N2O. The van der Waals surface area contributed by atoms with Crippen LogP contribution in [0.25, 0.3) is 0 Å². The first-order valence-electron chi connectivity index (χ1n) is 2.70. The zero-order chi connectivity index (χ0) is 6.20. The van der Waals surface area contributed by atoms with E-state index >= 15 is 0 Å². The predicted octanol–water partition coefficient (Wildman–Crippen LogP) is -0.647. The number of nitrogens with two attached hydrogens (primary N) is 2. The highest BCUT2D eigenvalue weighted by Crippen LogP contribution is 2.18. The Balaban J connectivity index is 2.56. The summed E-state index contributed by atoms with van der Waals surface area (Å²) in [5, 5.41) is 0. The smallest absolute Gasteiger partial charge is 0.136 e. The molecule has 0 aromatic heterocycles. The Bertz CT molecular complexity index is 120. The summed E-state index contributed by atoms with van der Waals surface area (Å²) in [5.74, 6) is 0.190. The molecule has 0 aromatic carbocycles. The van der Waals surface area contributed by atoms with Gasteiger partial charge in [0.25, 0.3) is 0 Å². The molecule has 0 spiro atoms. The predicted molar refractivity (Wildman–Crippen MR) is 30.0 cm³/mol. The minimum atomic E-state index is -0.683. The Kier molecular flexibility index (Phi) is 1.10. The van der Waals surface area contributed by atoms with Crippen molar-refractivity contribution in [2.45, 2.75) is 24.9 Å². The van der Waals surface area contributed by atoms with Gasteiger partial charge in [0.05, 0.1) is 5.66 Å². The summed E-state index contributed by atoms with van der Waals surface area (Å²) in [6.45, 7) is 0. The zero-order valence-electron chi connectivity index (χ0n) is 4.68. The van der Waals surface area contributed by atoms with Crippen LogP contribution in [0.2, 0.25) is 0 Å². The van der Waals surface area contributed by atoms with E-state index in [4.69, 9.17) is 11.5 Å². The summed E-state index contributed by atoms with van der Waals surface area (Å²) in [6.07, 6.45) is 1.56. The fourth-order valence-corrected chi connectivity index (χ4v) is 0.916.